The Bertz CT molecular complexity index is 3880. The molecule has 1 aromatic heterocycles. The number of fused-ring (bicyclic) bond motifs is 9. The number of para-hydroxylation sites is 2. The Labute approximate surface area is 429 Å². The van der Waals surface area contributed by atoms with E-state index in [1.165, 1.54) is 115 Å². The largest absolute Gasteiger partial charge is 0.309 e. The average molecular weight is 946 g/mol. The van der Waals surface area contributed by atoms with Crippen molar-refractivity contribution < 1.29 is 0 Å². The van der Waals surface area contributed by atoms with Crippen molar-refractivity contribution in [2.45, 2.75) is 77.6 Å². The number of anilines is 3. The molecule has 0 radical (unpaired) electrons. The predicted octanol–water partition coefficient (Wildman–Crippen LogP) is 20.1. The molecule has 3 aliphatic rings. The first-order chi connectivity index (χ1) is 34.7. The van der Waals surface area contributed by atoms with Gasteiger partial charge in [0.25, 0.3) is 0 Å². The van der Waals surface area contributed by atoms with E-state index in [1.54, 1.807) is 0 Å². The summed E-state index contributed by atoms with van der Waals surface area (Å²) in [5.74, 6) is 0.442. The second kappa shape index (κ2) is 16.3. The standard InChI is InChI=1S/C70H59NS/c1-68(2,3)47-39-46(40-48(42-47)69(4,5)6)51-24-15-19-44-20-16-26-54(64(44)51)52-21-10-13-30-60(52)71(49-36-33-43(34-37-49)50-25-18-32-62-66(50)67-57-41-45(57)35-38-63(67)72-62)61-31-14-11-22-53(61)55-27-17-29-59-65(55)56-23-9-12-28-58(56)70(59,7)8/h9-42,57H,1-8H3/t57-/m0/s1. The van der Waals surface area contributed by atoms with Gasteiger partial charge in [0.05, 0.1) is 11.4 Å². The second-order valence-corrected chi connectivity index (χ2v) is 23.9. The topological polar surface area (TPSA) is 3.24 Å². The van der Waals surface area contributed by atoms with Gasteiger partial charge in [-0.2, -0.15) is 0 Å². The van der Waals surface area contributed by atoms with Gasteiger partial charge >= 0.3 is 0 Å². The van der Waals surface area contributed by atoms with Crippen molar-refractivity contribution in [2.24, 2.45) is 0 Å². The highest BCUT2D eigenvalue weighted by molar-refractivity contribution is 7.20. The first kappa shape index (κ1) is 44.4. The van der Waals surface area contributed by atoms with E-state index in [4.69, 9.17) is 0 Å². The summed E-state index contributed by atoms with van der Waals surface area (Å²) in [7, 11) is 0. The summed E-state index contributed by atoms with van der Waals surface area (Å²) < 4.78 is 1.35. The molecule has 0 aliphatic heterocycles. The number of nitrogens with zero attached hydrogens (tertiary/aromatic N) is 1. The highest BCUT2D eigenvalue weighted by atomic mass is 32.1. The Morgan fingerprint density at radius 3 is 1.68 bits per heavy atom. The minimum Gasteiger partial charge on any atom is -0.309 e. The van der Waals surface area contributed by atoms with Crippen LogP contribution in [0.2, 0.25) is 0 Å². The smallest absolute Gasteiger partial charge is 0.0540 e. The van der Waals surface area contributed by atoms with Gasteiger partial charge in [0.2, 0.25) is 0 Å². The van der Waals surface area contributed by atoms with Crippen LogP contribution in [0.1, 0.15) is 94.0 Å². The Morgan fingerprint density at radius 1 is 0.458 bits per heavy atom. The normalized spacial score (nSPS) is 15.2. The Morgan fingerprint density at radius 2 is 1.00 bits per heavy atom. The molecular formula is C70H59NS. The van der Waals surface area contributed by atoms with Gasteiger partial charge in [-0.05, 0) is 136 Å². The third-order valence-electron chi connectivity index (χ3n) is 15.9. The molecule has 0 bridgehead atoms. The quantitative estimate of drug-likeness (QED) is 0.154. The molecule has 0 spiro atoms. The molecule has 350 valence electrons. The van der Waals surface area contributed by atoms with Crippen molar-refractivity contribution >= 4 is 55.3 Å². The lowest BCUT2D eigenvalue weighted by molar-refractivity contribution is 0.569. The lowest BCUT2D eigenvalue weighted by Crippen LogP contribution is -2.16. The third-order valence-corrected chi connectivity index (χ3v) is 17.1. The molecule has 0 fully saturated rings. The fourth-order valence-corrected chi connectivity index (χ4v) is 13.2. The molecule has 2 heteroatoms. The van der Waals surface area contributed by atoms with E-state index in [1.807, 2.05) is 11.3 Å². The van der Waals surface area contributed by atoms with Crippen LogP contribution in [0, 0.1) is 0 Å². The number of benzene rings is 9. The molecule has 1 nitrogen and oxygen atoms in total. The lowest BCUT2D eigenvalue weighted by atomic mass is 9.78. The molecule has 0 unspecified atom stereocenters. The molecule has 0 saturated heterocycles. The van der Waals surface area contributed by atoms with Crippen LogP contribution in [-0.2, 0) is 16.2 Å². The summed E-state index contributed by atoms with van der Waals surface area (Å²) in [5.41, 5.74) is 24.1. The SMILES string of the molecule is CC(C)(C)c1cc(-c2cccc3cccc(-c4ccccc4N(c4ccc(-c5cccc6sc7c(c56)[C@H]5C=C5C=C7)cc4)c4ccccc4-c4cccc5c4-c4ccccc4C5(C)C)c23)cc(C(C)(C)C)c1. The van der Waals surface area contributed by atoms with E-state index >= 15 is 0 Å². The minimum atomic E-state index is -0.122. The van der Waals surface area contributed by atoms with E-state index < -0.39 is 0 Å². The Balaban J connectivity index is 1.04. The van der Waals surface area contributed by atoms with Crippen molar-refractivity contribution in [3.63, 3.8) is 0 Å². The predicted molar refractivity (Wildman–Crippen MR) is 311 cm³/mol. The summed E-state index contributed by atoms with van der Waals surface area (Å²) in [6.45, 7) is 18.7. The van der Waals surface area contributed by atoms with Crippen molar-refractivity contribution in [2.75, 3.05) is 4.90 Å². The second-order valence-electron chi connectivity index (χ2n) is 22.9. The lowest BCUT2D eigenvalue weighted by Gasteiger charge is -2.31. The summed E-state index contributed by atoms with van der Waals surface area (Å²) in [6.07, 6.45) is 7.03. The zero-order valence-corrected chi connectivity index (χ0v) is 43.4. The molecule has 72 heavy (non-hydrogen) atoms. The molecule has 10 aromatic rings. The third kappa shape index (κ3) is 7.09. The van der Waals surface area contributed by atoms with Gasteiger partial charge in [0.15, 0.2) is 0 Å². The van der Waals surface area contributed by atoms with Crippen LogP contribution in [0.4, 0.5) is 17.1 Å². The van der Waals surface area contributed by atoms with Gasteiger partial charge in [-0.25, -0.2) is 0 Å². The molecule has 3 aliphatic carbocycles. The fraction of sp³-hybridized carbons (Fsp3) is 0.171. The highest BCUT2D eigenvalue weighted by Gasteiger charge is 2.38. The van der Waals surface area contributed by atoms with Crippen molar-refractivity contribution in [3.8, 4) is 55.6 Å². The first-order valence-electron chi connectivity index (χ1n) is 25.7. The van der Waals surface area contributed by atoms with Gasteiger partial charge in [0.1, 0.15) is 0 Å². The molecule has 0 saturated carbocycles. The van der Waals surface area contributed by atoms with Crippen LogP contribution >= 0.6 is 11.3 Å². The van der Waals surface area contributed by atoms with Crippen molar-refractivity contribution in [1.82, 2.24) is 0 Å². The zero-order chi connectivity index (χ0) is 49.3. The maximum absolute atomic E-state index is 2.54. The van der Waals surface area contributed by atoms with Crippen LogP contribution in [0.3, 0.4) is 0 Å². The maximum atomic E-state index is 2.54. The number of hydrogen-bond donors (Lipinski definition) is 0. The fourth-order valence-electron chi connectivity index (χ4n) is 12.0. The highest BCUT2D eigenvalue weighted by Crippen LogP contribution is 2.56. The van der Waals surface area contributed by atoms with E-state index in [2.05, 4.69) is 267 Å². The summed E-state index contributed by atoms with van der Waals surface area (Å²) in [4.78, 5) is 3.93. The molecular weight excluding hydrogens is 887 g/mol. The van der Waals surface area contributed by atoms with Gasteiger partial charge in [-0.3, -0.25) is 0 Å². The van der Waals surface area contributed by atoms with E-state index in [0.29, 0.717) is 5.92 Å². The van der Waals surface area contributed by atoms with E-state index in [0.717, 1.165) is 17.1 Å². The van der Waals surface area contributed by atoms with Gasteiger partial charge in [-0.1, -0.05) is 225 Å². The van der Waals surface area contributed by atoms with Gasteiger partial charge < -0.3 is 4.90 Å². The minimum absolute atomic E-state index is 0.0128. The number of allylic oxidation sites excluding steroid dienone is 3. The summed E-state index contributed by atoms with van der Waals surface area (Å²) >= 11 is 1.92. The van der Waals surface area contributed by atoms with Gasteiger partial charge in [-0.15, -0.1) is 11.3 Å². The average Bonchev–Trinajstić information content (AvgIpc) is 4.02. The van der Waals surface area contributed by atoms with Gasteiger partial charge in [0, 0.05) is 43.1 Å². The Hall–Kier alpha value is -7.52. The maximum Gasteiger partial charge on any atom is 0.0540 e. The van der Waals surface area contributed by atoms with Crippen molar-refractivity contribution in [1.29, 1.82) is 0 Å². The van der Waals surface area contributed by atoms with E-state index in [-0.39, 0.29) is 16.2 Å². The molecule has 13 rings (SSSR count). The van der Waals surface area contributed by atoms with Crippen LogP contribution < -0.4 is 4.90 Å². The van der Waals surface area contributed by atoms with E-state index in [9.17, 15) is 0 Å². The molecule has 0 amide bonds. The van der Waals surface area contributed by atoms with Crippen LogP contribution in [0.15, 0.2) is 206 Å². The molecule has 1 heterocycles. The molecule has 1 atom stereocenters. The number of rotatable bonds is 7. The molecule has 9 aromatic carbocycles. The van der Waals surface area contributed by atoms with Crippen LogP contribution in [0.5, 0.6) is 0 Å². The Kier molecular flexibility index (Phi) is 10.0. The number of thiophene rings is 1. The monoisotopic (exact) mass is 945 g/mol. The van der Waals surface area contributed by atoms with Crippen LogP contribution in [-0.4, -0.2) is 0 Å². The molecule has 0 N–H and O–H groups in total. The van der Waals surface area contributed by atoms with Crippen LogP contribution in [0.25, 0.3) is 82.6 Å². The summed E-state index contributed by atoms with van der Waals surface area (Å²) in [6, 6.07) is 71.5. The van der Waals surface area contributed by atoms with Crippen molar-refractivity contribution in [3.05, 3.63) is 238 Å². The zero-order valence-electron chi connectivity index (χ0n) is 42.6. The number of hydrogen-bond acceptors (Lipinski definition) is 2. The summed E-state index contributed by atoms with van der Waals surface area (Å²) in [5, 5.41) is 3.88. The first-order valence-corrected chi connectivity index (χ1v) is 26.5.